The third-order valence-electron chi connectivity index (χ3n) is 3.07. The van der Waals surface area contributed by atoms with E-state index in [2.05, 4.69) is 5.32 Å². The first-order valence-corrected chi connectivity index (χ1v) is 5.19. The summed E-state index contributed by atoms with van der Waals surface area (Å²) in [5.41, 5.74) is 5.40. The molecule has 1 rings (SSSR count). The number of nitrogens with two attached hydrogens (primary N) is 1. The lowest BCUT2D eigenvalue weighted by atomic mass is 9.94. The van der Waals surface area contributed by atoms with Crippen molar-refractivity contribution in [2.45, 2.75) is 51.3 Å². The number of hydrogen-bond donors (Lipinski definition) is 2. The average molecular weight is 200 g/mol. The van der Waals surface area contributed by atoms with Gasteiger partial charge in [-0.2, -0.15) is 0 Å². The van der Waals surface area contributed by atoms with Gasteiger partial charge in [0.25, 0.3) is 0 Å². The van der Waals surface area contributed by atoms with Gasteiger partial charge in [0.1, 0.15) is 0 Å². The molecule has 0 aromatic carbocycles. The summed E-state index contributed by atoms with van der Waals surface area (Å²) < 4.78 is 5.43. The summed E-state index contributed by atoms with van der Waals surface area (Å²) in [5.74, 6) is -0.0765. The molecule has 4 nitrogen and oxygen atoms in total. The molecular weight excluding hydrogens is 180 g/mol. The highest BCUT2D eigenvalue weighted by molar-refractivity contribution is 5.82. The fourth-order valence-corrected chi connectivity index (χ4v) is 1.56. The Hall–Kier alpha value is -0.610. The van der Waals surface area contributed by atoms with E-state index >= 15 is 0 Å². The van der Waals surface area contributed by atoms with Crippen molar-refractivity contribution in [1.29, 1.82) is 0 Å². The third-order valence-corrected chi connectivity index (χ3v) is 3.07. The number of amides is 1. The van der Waals surface area contributed by atoms with Crippen LogP contribution in [-0.4, -0.2) is 30.2 Å². The zero-order valence-corrected chi connectivity index (χ0v) is 9.17. The molecule has 1 saturated heterocycles. The molecule has 1 aliphatic heterocycles. The summed E-state index contributed by atoms with van der Waals surface area (Å²) in [5, 5.41) is 2.97. The molecule has 2 unspecified atom stereocenters. The van der Waals surface area contributed by atoms with Crippen LogP contribution in [0, 0.1) is 0 Å². The number of ether oxygens (including phenoxy) is 1. The SMILES string of the molecule is CC[C@H](N)C(=O)NC1(C)CCOC1C. The minimum Gasteiger partial charge on any atom is -0.376 e. The van der Waals surface area contributed by atoms with Crippen molar-refractivity contribution in [3.05, 3.63) is 0 Å². The summed E-state index contributed by atoms with van der Waals surface area (Å²) in [6.07, 6.45) is 1.59. The Bertz CT molecular complexity index is 220. The van der Waals surface area contributed by atoms with Crippen LogP contribution in [0.15, 0.2) is 0 Å². The van der Waals surface area contributed by atoms with E-state index in [0.717, 1.165) is 6.42 Å². The van der Waals surface area contributed by atoms with Gasteiger partial charge in [-0.15, -0.1) is 0 Å². The van der Waals surface area contributed by atoms with Gasteiger partial charge in [-0.05, 0) is 26.7 Å². The average Bonchev–Trinajstić information content (AvgIpc) is 2.45. The maximum atomic E-state index is 11.6. The second kappa shape index (κ2) is 4.28. The van der Waals surface area contributed by atoms with Crippen LogP contribution < -0.4 is 11.1 Å². The van der Waals surface area contributed by atoms with Gasteiger partial charge in [0.15, 0.2) is 0 Å². The van der Waals surface area contributed by atoms with Crippen molar-refractivity contribution in [1.82, 2.24) is 5.32 Å². The van der Waals surface area contributed by atoms with Crippen LogP contribution in [0.2, 0.25) is 0 Å². The molecule has 0 aliphatic carbocycles. The van der Waals surface area contributed by atoms with Crippen molar-refractivity contribution in [2.24, 2.45) is 5.73 Å². The smallest absolute Gasteiger partial charge is 0.237 e. The van der Waals surface area contributed by atoms with Gasteiger partial charge in [0.2, 0.25) is 5.91 Å². The molecule has 1 heterocycles. The quantitative estimate of drug-likeness (QED) is 0.693. The van der Waals surface area contributed by atoms with Gasteiger partial charge in [0, 0.05) is 6.61 Å². The molecule has 0 aromatic heterocycles. The lowest BCUT2D eigenvalue weighted by molar-refractivity contribution is -0.124. The first kappa shape index (κ1) is 11.5. The molecule has 3 N–H and O–H groups in total. The molecule has 82 valence electrons. The molecule has 0 spiro atoms. The van der Waals surface area contributed by atoms with Crippen LogP contribution >= 0.6 is 0 Å². The van der Waals surface area contributed by atoms with E-state index in [0.29, 0.717) is 13.0 Å². The Morgan fingerprint density at radius 3 is 2.86 bits per heavy atom. The van der Waals surface area contributed by atoms with Gasteiger partial charge in [0.05, 0.1) is 17.7 Å². The van der Waals surface area contributed by atoms with E-state index in [4.69, 9.17) is 10.5 Å². The molecule has 3 atom stereocenters. The van der Waals surface area contributed by atoms with Gasteiger partial charge >= 0.3 is 0 Å². The highest BCUT2D eigenvalue weighted by Gasteiger charge is 2.38. The fraction of sp³-hybridized carbons (Fsp3) is 0.900. The largest absolute Gasteiger partial charge is 0.376 e. The molecule has 1 amide bonds. The fourth-order valence-electron chi connectivity index (χ4n) is 1.56. The summed E-state index contributed by atoms with van der Waals surface area (Å²) in [4.78, 5) is 11.6. The van der Waals surface area contributed by atoms with Crippen molar-refractivity contribution in [2.75, 3.05) is 6.61 Å². The molecule has 0 aromatic rings. The van der Waals surface area contributed by atoms with Crippen LogP contribution in [0.1, 0.15) is 33.6 Å². The Morgan fingerprint density at radius 1 is 1.79 bits per heavy atom. The van der Waals surface area contributed by atoms with E-state index < -0.39 is 6.04 Å². The Kier molecular flexibility index (Phi) is 3.50. The van der Waals surface area contributed by atoms with E-state index in [1.165, 1.54) is 0 Å². The lowest BCUT2D eigenvalue weighted by Crippen LogP contribution is -2.55. The maximum Gasteiger partial charge on any atom is 0.237 e. The van der Waals surface area contributed by atoms with Gasteiger partial charge in [-0.3, -0.25) is 4.79 Å². The van der Waals surface area contributed by atoms with Crippen LogP contribution in [0.4, 0.5) is 0 Å². The van der Waals surface area contributed by atoms with E-state index in [-0.39, 0.29) is 17.6 Å². The van der Waals surface area contributed by atoms with E-state index in [1.807, 2.05) is 20.8 Å². The minimum atomic E-state index is -0.403. The van der Waals surface area contributed by atoms with Crippen molar-refractivity contribution >= 4 is 5.91 Å². The number of hydrogen-bond acceptors (Lipinski definition) is 3. The Balaban J connectivity index is 2.54. The predicted molar refractivity (Wildman–Crippen MR) is 54.8 cm³/mol. The van der Waals surface area contributed by atoms with Crippen LogP contribution in [-0.2, 0) is 9.53 Å². The number of nitrogens with one attached hydrogen (secondary N) is 1. The summed E-state index contributed by atoms with van der Waals surface area (Å²) in [6, 6.07) is -0.403. The van der Waals surface area contributed by atoms with Crippen molar-refractivity contribution in [3.8, 4) is 0 Å². The highest BCUT2D eigenvalue weighted by atomic mass is 16.5. The van der Waals surface area contributed by atoms with E-state index in [1.54, 1.807) is 0 Å². The third kappa shape index (κ3) is 2.25. The number of carbonyl (C=O) groups is 1. The predicted octanol–water partition coefficient (Wildman–Crippen LogP) is 0.407. The maximum absolute atomic E-state index is 11.6. The standard InChI is InChI=1S/C10H20N2O2/c1-4-8(11)9(13)12-10(3)5-6-14-7(10)2/h7-8H,4-6,11H2,1-3H3,(H,12,13)/t7?,8-,10?/m0/s1. The second-order valence-electron chi connectivity index (χ2n) is 4.18. The number of rotatable bonds is 3. The molecule has 4 heteroatoms. The summed E-state index contributed by atoms with van der Waals surface area (Å²) >= 11 is 0. The summed E-state index contributed by atoms with van der Waals surface area (Å²) in [7, 11) is 0. The van der Waals surface area contributed by atoms with Gasteiger partial charge < -0.3 is 15.8 Å². The molecular formula is C10H20N2O2. The number of carbonyl (C=O) groups excluding carboxylic acids is 1. The molecule has 0 bridgehead atoms. The topological polar surface area (TPSA) is 64.4 Å². The monoisotopic (exact) mass is 200 g/mol. The first-order valence-electron chi connectivity index (χ1n) is 5.19. The Morgan fingerprint density at radius 2 is 2.43 bits per heavy atom. The van der Waals surface area contributed by atoms with Gasteiger partial charge in [-0.25, -0.2) is 0 Å². The molecule has 14 heavy (non-hydrogen) atoms. The molecule has 1 fully saturated rings. The molecule has 0 saturated carbocycles. The summed E-state index contributed by atoms with van der Waals surface area (Å²) in [6.45, 7) is 6.59. The Labute approximate surface area is 85.2 Å². The first-order chi connectivity index (χ1) is 6.49. The normalized spacial score (nSPS) is 34.1. The molecule has 1 aliphatic rings. The van der Waals surface area contributed by atoms with Gasteiger partial charge in [-0.1, -0.05) is 6.92 Å². The van der Waals surface area contributed by atoms with E-state index in [9.17, 15) is 4.79 Å². The molecule has 0 radical (unpaired) electrons. The van der Waals surface area contributed by atoms with Crippen molar-refractivity contribution < 1.29 is 9.53 Å². The zero-order chi connectivity index (χ0) is 10.8. The minimum absolute atomic E-state index is 0.0653. The van der Waals surface area contributed by atoms with Crippen molar-refractivity contribution in [3.63, 3.8) is 0 Å². The second-order valence-corrected chi connectivity index (χ2v) is 4.18. The van der Waals surface area contributed by atoms with Crippen LogP contribution in [0.25, 0.3) is 0 Å². The highest BCUT2D eigenvalue weighted by Crippen LogP contribution is 2.24. The van der Waals surface area contributed by atoms with Crippen LogP contribution in [0.5, 0.6) is 0 Å². The lowest BCUT2D eigenvalue weighted by Gasteiger charge is -2.30. The van der Waals surface area contributed by atoms with Crippen LogP contribution in [0.3, 0.4) is 0 Å². The zero-order valence-electron chi connectivity index (χ0n) is 9.17.